The average Bonchev–Trinajstić information content (AvgIpc) is 2.60. The molecule has 0 aliphatic carbocycles. The van der Waals surface area contributed by atoms with E-state index in [9.17, 15) is 14.4 Å². The van der Waals surface area contributed by atoms with Crippen LogP contribution in [-0.2, 0) is 9.09 Å². The van der Waals surface area contributed by atoms with Crippen LogP contribution in [0.2, 0.25) is 0 Å². The van der Waals surface area contributed by atoms with Gasteiger partial charge in [-0.2, -0.15) is 0 Å². The number of benzene rings is 2. The molecule has 1 atom stereocenters. The summed E-state index contributed by atoms with van der Waals surface area (Å²) in [4.78, 5) is 18.6. The number of rotatable bonds is 10. The van der Waals surface area contributed by atoms with Crippen LogP contribution in [0.25, 0.3) is 0 Å². The molecule has 0 aliphatic rings. The normalized spacial score (nSPS) is 13.1. The van der Waals surface area contributed by atoms with Crippen LogP contribution >= 0.6 is 7.82 Å². The zero-order valence-corrected chi connectivity index (χ0v) is 15.5. The van der Waals surface area contributed by atoms with E-state index in [2.05, 4.69) is 31.2 Å². The lowest BCUT2D eigenvalue weighted by molar-refractivity contribution is 0.115. The van der Waals surface area contributed by atoms with E-state index in [4.69, 9.17) is 4.52 Å². The Morgan fingerprint density at radius 1 is 0.920 bits per heavy atom. The van der Waals surface area contributed by atoms with Gasteiger partial charge in [0.2, 0.25) is 0 Å². The van der Waals surface area contributed by atoms with Crippen molar-refractivity contribution in [2.24, 2.45) is 0 Å². The Kier molecular flexibility index (Phi) is 7.86. The molecule has 4 nitrogen and oxygen atoms in total. The van der Waals surface area contributed by atoms with E-state index in [0.717, 1.165) is 30.4 Å². The second-order valence-electron chi connectivity index (χ2n) is 6.32. The molecule has 0 fully saturated rings. The van der Waals surface area contributed by atoms with E-state index in [-0.39, 0.29) is 5.92 Å². The molecule has 0 radical (unpaired) electrons. The first kappa shape index (κ1) is 19.9. The van der Waals surface area contributed by atoms with Crippen LogP contribution in [0.1, 0.15) is 56.1 Å². The summed E-state index contributed by atoms with van der Waals surface area (Å²) in [5, 5.41) is 0. The summed E-state index contributed by atoms with van der Waals surface area (Å²) in [5.74, 6) is 0.0422. The van der Waals surface area contributed by atoms with Gasteiger partial charge in [-0.3, -0.25) is 4.52 Å². The fraction of sp³-hybridized carbons (Fsp3) is 0.400. The van der Waals surface area contributed by atoms with E-state index in [0.29, 0.717) is 12.8 Å². The first-order chi connectivity index (χ1) is 12.0. The summed E-state index contributed by atoms with van der Waals surface area (Å²) in [6.07, 6.45) is 3.71. The predicted octanol–water partition coefficient (Wildman–Crippen LogP) is 5.27. The second kappa shape index (κ2) is 9.88. The third-order valence-electron chi connectivity index (χ3n) is 4.32. The monoisotopic (exact) mass is 362 g/mol. The molecule has 136 valence electrons. The van der Waals surface area contributed by atoms with Crippen molar-refractivity contribution in [3.05, 3.63) is 71.8 Å². The van der Waals surface area contributed by atoms with E-state index < -0.39 is 13.9 Å². The fourth-order valence-corrected chi connectivity index (χ4v) is 3.71. The molecule has 2 aromatic carbocycles. The van der Waals surface area contributed by atoms with E-state index in [1.54, 1.807) is 0 Å². The maximum absolute atomic E-state index is 11.4. The molecule has 1 unspecified atom stereocenters. The number of hydrogen-bond acceptors (Lipinski definition) is 2. The molecule has 0 heterocycles. The van der Waals surface area contributed by atoms with E-state index >= 15 is 0 Å². The zero-order valence-electron chi connectivity index (χ0n) is 14.6. The highest BCUT2D eigenvalue weighted by atomic mass is 31.2. The molecule has 0 saturated heterocycles. The highest BCUT2D eigenvalue weighted by molar-refractivity contribution is 7.46. The minimum atomic E-state index is -4.51. The molecule has 0 aliphatic heterocycles. The lowest BCUT2D eigenvalue weighted by Crippen LogP contribution is -2.17. The maximum atomic E-state index is 11.4. The summed E-state index contributed by atoms with van der Waals surface area (Å²) in [7, 11) is -4.51. The van der Waals surface area contributed by atoms with Crippen molar-refractivity contribution in [3.63, 3.8) is 0 Å². The van der Waals surface area contributed by atoms with Gasteiger partial charge in [-0.25, -0.2) is 4.57 Å². The first-order valence-corrected chi connectivity index (χ1v) is 10.4. The number of hydrogen-bond donors (Lipinski definition) is 2. The molecule has 2 aromatic rings. The molecule has 5 heteroatoms. The SMILES string of the molecule is CCCCCC(CC(c1ccccc1)c1ccccc1)OP(=O)(O)O. The van der Waals surface area contributed by atoms with Crippen LogP contribution in [0.15, 0.2) is 60.7 Å². The van der Waals surface area contributed by atoms with Gasteiger partial charge in [0.15, 0.2) is 0 Å². The van der Waals surface area contributed by atoms with Crippen molar-refractivity contribution in [1.29, 1.82) is 0 Å². The van der Waals surface area contributed by atoms with Gasteiger partial charge in [0.05, 0.1) is 6.10 Å². The van der Waals surface area contributed by atoms with Gasteiger partial charge >= 0.3 is 7.82 Å². The minimum Gasteiger partial charge on any atom is -0.303 e. The zero-order chi connectivity index (χ0) is 18.1. The molecule has 2 N–H and O–H groups in total. The Bertz CT molecular complexity index is 614. The molecule has 0 aromatic heterocycles. The number of unbranched alkanes of at least 4 members (excludes halogenated alkanes) is 2. The third kappa shape index (κ3) is 7.13. The molecular formula is C20H27O4P. The van der Waals surface area contributed by atoms with Crippen molar-refractivity contribution < 1.29 is 18.9 Å². The summed E-state index contributed by atoms with van der Waals surface area (Å²) < 4.78 is 16.5. The van der Waals surface area contributed by atoms with Crippen LogP contribution in [0.4, 0.5) is 0 Å². The minimum absolute atomic E-state index is 0.0422. The molecule has 0 spiro atoms. The van der Waals surface area contributed by atoms with Crippen LogP contribution < -0.4 is 0 Å². The summed E-state index contributed by atoms with van der Waals surface area (Å²) >= 11 is 0. The fourth-order valence-electron chi connectivity index (χ4n) is 3.13. The Hall–Kier alpha value is -1.45. The Balaban J connectivity index is 2.23. The van der Waals surface area contributed by atoms with Crippen molar-refractivity contribution in [2.45, 2.75) is 51.0 Å². The summed E-state index contributed by atoms with van der Waals surface area (Å²) in [5.41, 5.74) is 2.26. The second-order valence-corrected chi connectivity index (χ2v) is 7.52. The molecular weight excluding hydrogens is 335 g/mol. The van der Waals surface area contributed by atoms with Crippen LogP contribution in [0.3, 0.4) is 0 Å². The van der Waals surface area contributed by atoms with Gasteiger partial charge in [0.1, 0.15) is 0 Å². The lowest BCUT2D eigenvalue weighted by Gasteiger charge is -2.25. The van der Waals surface area contributed by atoms with E-state index in [1.807, 2.05) is 36.4 Å². The highest BCUT2D eigenvalue weighted by Crippen LogP contribution is 2.42. The van der Waals surface area contributed by atoms with Crippen LogP contribution in [0.5, 0.6) is 0 Å². The van der Waals surface area contributed by atoms with Crippen molar-refractivity contribution in [3.8, 4) is 0 Å². The predicted molar refractivity (Wildman–Crippen MR) is 100 cm³/mol. The maximum Gasteiger partial charge on any atom is 0.469 e. The van der Waals surface area contributed by atoms with Crippen molar-refractivity contribution in [2.75, 3.05) is 0 Å². The molecule has 0 amide bonds. The summed E-state index contributed by atoms with van der Waals surface area (Å²) in [6, 6.07) is 20.1. The topological polar surface area (TPSA) is 66.8 Å². The van der Waals surface area contributed by atoms with Gasteiger partial charge in [0, 0.05) is 5.92 Å². The Morgan fingerprint density at radius 2 is 1.44 bits per heavy atom. The van der Waals surface area contributed by atoms with Gasteiger partial charge < -0.3 is 9.79 Å². The van der Waals surface area contributed by atoms with Gasteiger partial charge in [-0.1, -0.05) is 86.8 Å². The lowest BCUT2D eigenvalue weighted by atomic mass is 9.85. The van der Waals surface area contributed by atoms with Crippen molar-refractivity contribution in [1.82, 2.24) is 0 Å². The molecule has 0 bridgehead atoms. The average molecular weight is 362 g/mol. The van der Waals surface area contributed by atoms with Gasteiger partial charge in [-0.15, -0.1) is 0 Å². The van der Waals surface area contributed by atoms with Gasteiger partial charge in [-0.05, 0) is 24.0 Å². The number of phosphoric acid groups is 1. The van der Waals surface area contributed by atoms with Crippen LogP contribution in [0, 0.1) is 0 Å². The van der Waals surface area contributed by atoms with Crippen LogP contribution in [-0.4, -0.2) is 15.9 Å². The molecule has 2 rings (SSSR count). The smallest absolute Gasteiger partial charge is 0.303 e. The third-order valence-corrected chi connectivity index (χ3v) is 4.89. The first-order valence-electron chi connectivity index (χ1n) is 8.83. The van der Waals surface area contributed by atoms with E-state index in [1.165, 1.54) is 0 Å². The highest BCUT2D eigenvalue weighted by Gasteiger charge is 2.26. The standard InChI is InChI=1S/C20H27O4P/c1-2-3-6-15-19(24-25(21,22)23)16-20(17-11-7-4-8-12-17)18-13-9-5-10-14-18/h4-5,7-14,19-20H,2-3,6,15-16H2,1H3,(H2,21,22,23). The number of phosphoric ester groups is 1. The summed E-state index contributed by atoms with van der Waals surface area (Å²) in [6.45, 7) is 2.11. The largest absolute Gasteiger partial charge is 0.469 e. The molecule has 25 heavy (non-hydrogen) atoms. The molecule has 0 saturated carbocycles. The van der Waals surface area contributed by atoms with Crippen molar-refractivity contribution >= 4 is 7.82 Å². The Morgan fingerprint density at radius 3 is 1.88 bits per heavy atom. The quantitative estimate of drug-likeness (QED) is 0.446. The van der Waals surface area contributed by atoms with Gasteiger partial charge in [0.25, 0.3) is 0 Å². The Labute approximate surface area is 150 Å².